The number of aliphatic hydroxyl groups is 3. The van der Waals surface area contributed by atoms with Crippen LogP contribution in [0.5, 0.6) is 0 Å². The average Bonchev–Trinajstić information content (AvgIpc) is 3.06. The van der Waals surface area contributed by atoms with Gasteiger partial charge in [-0.25, -0.2) is 0 Å². The van der Waals surface area contributed by atoms with Crippen LogP contribution >= 0.6 is 0 Å². The van der Waals surface area contributed by atoms with E-state index in [-0.39, 0.29) is 42.0 Å². The van der Waals surface area contributed by atoms with Gasteiger partial charge < -0.3 is 15.3 Å². The molecule has 0 heterocycles. The maximum absolute atomic E-state index is 10.5. The van der Waals surface area contributed by atoms with E-state index in [1.165, 1.54) is 11.1 Å². The summed E-state index contributed by atoms with van der Waals surface area (Å²) in [7, 11) is 0. The van der Waals surface area contributed by atoms with Gasteiger partial charge in [0.05, 0.1) is 6.10 Å². The molecule has 3 heteroatoms. The molecule has 28 heavy (non-hydrogen) atoms. The van der Waals surface area contributed by atoms with Gasteiger partial charge in [-0.05, 0) is 84.2 Å². The molecule has 7 atom stereocenters. The molecule has 2 fully saturated rings. The summed E-state index contributed by atoms with van der Waals surface area (Å²) in [5.41, 5.74) is 2.89. The normalized spacial score (nSPS) is 43.5. The van der Waals surface area contributed by atoms with Crippen LogP contribution in [0.4, 0.5) is 0 Å². The summed E-state index contributed by atoms with van der Waals surface area (Å²) >= 11 is 0. The van der Waals surface area contributed by atoms with E-state index in [2.05, 4.69) is 50.3 Å². The Hall–Kier alpha value is -1.16. The Bertz CT molecular complexity index is 714. The van der Waals surface area contributed by atoms with Gasteiger partial charge in [-0.3, -0.25) is 0 Å². The number of benzene rings is 1. The van der Waals surface area contributed by atoms with Crippen molar-refractivity contribution < 1.29 is 15.3 Å². The molecule has 154 valence electrons. The largest absolute Gasteiger partial charge is 0.396 e. The summed E-state index contributed by atoms with van der Waals surface area (Å²) in [6.07, 6.45) is 7.84. The second-order valence-electron chi connectivity index (χ2n) is 10.0. The first-order valence-corrected chi connectivity index (χ1v) is 11.1. The average molecular weight is 385 g/mol. The summed E-state index contributed by atoms with van der Waals surface area (Å²) in [6, 6.07) is 10.7. The molecular weight excluding hydrogens is 348 g/mol. The molecule has 3 nitrogen and oxygen atoms in total. The smallest absolute Gasteiger partial charge is 0.0544 e. The molecule has 0 bridgehead atoms. The molecule has 0 radical (unpaired) electrons. The molecule has 4 rings (SSSR count). The molecule has 0 amide bonds. The first-order chi connectivity index (χ1) is 13.4. The third kappa shape index (κ3) is 3.07. The van der Waals surface area contributed by atoms with Crippen LogP contribution in [0.2, 0.25) is 0 Å². The van der Waals surface area contributed by atoms with Crippen molar-refractivity contribution >= 4 is 5.57 Å². The lowest BCUT2D eigenvalue weighted by Gasteiger charge is -2.56. The first-order valence-electron chi connectivity index (χ1n) is 11.1. The van der Waals surface area contributed by atoms with Gasteiger partial charge in [0.25, 0.3) is 0 Å². The van der Waals surface area contributed by atoms with Crippen LogP contribution in [0.15, 0.2) is 36.4 Å². The quantitative estimate of drug-likeness (QED) is 0.726. The molecule has 1 aromatic carbocycles. The van der Waals surface area contributed by atoms with E-state index in [0.29, 0.717) is 18.3 Å². The van der Waals surface area contributed by atoms with Crippen molar-refractivity contribution in [3.8, 4) is 0 Å². The predicted octanol–water partition coefficient (Wildman–Crippen LogP) is 4.27. The van der Waals surface area contributed by atoms with Crippen molar-refractivity contribution in [1.82, 2.24) is 0 Å². The lowest BCUT2D eigenvalue weighted by atomic mass is 9.49. The molecule has 0 aliphatic heterocycles. The van der Waals surface area contributed by atoms with E-state index in [1.54, 1.807) is 0 Å². The van der Waals surface area contributed by atoms with E-state index in [1.807, 2.05) is 0 Å². The number of hydrogen-bond acceptors (Lipinski definition) is 3. The summed E-state index contributed by atoms with van der Waals surface area (Å²) in [4.78, 5) is 0. The maximum Gasteiger partial charge on any atom is 0.0544 e. The number of allylic oxidation sites excluding steroid dienone is 2. The zero-order valence-electron chi connectivity index (χ0n) is 17.3. The fourth-order valence-electron chi connectivity index (χ4n) is 7.16. The Morgan fingerprint density at radius 2 is 1.71 bits per heavy atom. The second kappa shape index (κ2) is 7.59. The van der Waals surface area contributed by atoms with E-state index in [4.69, 9.17) is 0 Å². The molecular formula is C25H36O3. The van der Waals surface area contributed by atoms with E-state index in [9.17, 15) is 15.3 Å². The fourth-order valence-corrected chi connectivity index (χ4v) is 7.16. The minimum absolute atomic E-state index is 0.00178. The van der Waals surface area contributed by atoms with Gasteiger partial charge in [0.1, 0.15) is 0 Å². The van der Waals surface area contributed by atoms with Gasteiger partial charge in [-0.15, -0.1) is 0 Å². The fraction of sp³-hybridized carbons (Fsp3) is 0.680. The van der Waals surface area contributed by atoms with Gasteiger partial charge in [-0.2, -0.15) is 0 Å². The van der Waals surface area contributed by atoms with Crippen molar-refractivity contribution in [2.24, 2.45) is 34.5 Å². The summed E-state index contributed by atoms with van der Waals surface area (Å²) in [5.74, 6) is 1.24. The molecule has 0 unspecified atom stereocenters. The molecule has 1 aromatic rings. The Morgan fingerprint density at radius 1 is 0.964 bits per heavy atom. The highest BCUT2D eigenvalue weighted by atomic mass is 16.3. The van der Waals surface area contributed by atoms with E-state index < -0.39 is 0 Å². The third-order valence-electron chi connectivity index (χ3n) is 8.89. The molecule has 0 aromatic heterocycles. The summed E-state index contributed by atoms with van der Waals surface area (Å²) in [6.45, 7) is 5.07. The minimum atomic E-state index is -0.288. The predicted molar refractivity (Wildman–Crippen MR) is 112 cm³/mol. The second-order valence-corrected chi connectivity index (χ2v) is 10.0. The van der Waals surface area contributed by atoms with Crippen LogP contribution < -0.4 is 0 Å². The zero-order valence-corrected chi connectivity index (χ0v) is 17.3. The van der Waals surface area contributed by atoms with Gasteiger partial charge in [-0.1, -0.05) is 50.3 Å². The van der Waals surface area contributed by atoms with Gasteiger partial charge in [0.15, 0.2) is 0 Å². The summed E-state index contributed by atoms with van der Waals surface area (Å²) in [5, 5.41) is 30.7. The van der Waals surface area contributed by atoms with Crippen molar-refractivity contribution in [1.29, 1.82) is 0 Å². The number of hydrogen-bond donors (Lipinski definition) is 3. The first kappa shape index (κ1) is 20.1. The van der Waals surface area contributed by atoms with Crippen LogP contribution in [0.25, 0.3) is 5.57 Å². The van der Waals surface area contributed by atoms with Crippen LogP contribution in [-0.2, 0) is 0 Å². The Labute approximate surface area is 169 Å². The molecule has 3 N–H and O–H groups in total. The summed E-state index contributed by atoms with van der Waals surface area (Å²) < 4.78 is 0. The van der Waals surface area contributed by atoms with Crippen LogP contribution in [0.3, 0.4) is 0 Å². The Kier molecular flexibility index (Phi) is 5.45. The minimum Gasteiger partial charge on any atom is -0.396 e. The van der Waals surface area contributed by atoms with Gasteiger partial charge in [0, 0.05) is 13.2 Å². The monoisotopic (exact) mass is 384 g/mol. The highest BCUT2D eigenvalue weighted by Crippen LogP contribution is 2.63. The van der Waals surface area contributed by atoms with Crippen molar-refractivity contribution in [3.63, 3.8) is 0 Å². The van der Waals surface area contributed by atoms with Crippen LogP contribution in [-0.4, -0.2) is 34.6 Å². The lowest BCUT2D eigenvalue weighted by Crippen LogP contribution is -2.52. The standard InChI is InChI=1S/C25H36O3/c1-24(12-10-19(28)14-18(24)15-26)23-11-13-25(2)21(17-6-4-3-5-7-17)8-9-22(25)20(23)16-27/h3-8,18-20,22-23,26-28H,9-16H2,1-2H3/t18-,19+,20+,22+,23+,24+,25-/m1/s1. The lowest BCUT2D eigenvalue weighted by molar-refractivity contribution is -0.103. The maximum atomic E-state index is 10.5. The zero-order chi connectivity index (χ0) is 19.9. The van der Waals surface area contributed by atoms with Gasteiger partial charge >= 0.3 is 0 Å². The van der Waals surface area contributed by atoms with Crippen molar-refractivity contribution in [2.75, 3.05) is 13.2 Å². The number of fused-ring (bicyclic) bond motifs is 1. The molecule has 2 saturated carbocycles. The van der Waals surface area contributed by atoms with Crippen LogP contribution in [0, 0.1) is 34.5 Å². The number of aliphatic hydroxyl groups excluding tert-OH is 3. The van der Waals surface area contributed by atoms with Crippen LogP contribution in [0.1, 0.15) is 57.9 Å². The molecule has 3 aliphatic carbocycles. The SMILES string of the molecule is C[C@]1([C@H]2CC[C@]3(C)C(c4ccccc4)=CC[C@H]3[C@@H]2CO)CC[C@H](O)C[C@@H]1CO. The highest BCUT2D eigenvalue weighted by Gasteiger charge is 2.56. The third-order valence-corrected chi connectivity index (χ3v) is 8.89. The topological polar surface area (TPSA) is 60.7 Å². The Balaban J connectivity index is 1.63. The van der Waals surface area contributed by atoms with Crippen molar-refractivity contribution in [2.45, 2.75) is 58.5 Å². The van der Waals surface area contributed by atoms with E-state index >= 15 is 0 Å². The number of rotatable bonds is 4. The van der Waals surface area contributed by atoms with Crippen molar-refractivity contribution in [3.05, 3.63) is 42.0 Å². The molecule has 0 spiro atoms. The van der Waals surface area contributed by atoms with E-state index in [0.717, 1.165) is 32.1 Å². The highest BCUT2D eigenvalue weighted by molar-refractivity contribution is 5.72. The Morgan fingerprint density at radius 3 is 2.39 bits per heavy atom. The van der Waals surface area contributed by atoms with Gasteiger partial charge in [0.2, 0.25) is 0 Å². The molecule has 3 aliphatic rings. The molecule has 0 saturated heterocycles.